The first-order valence-electron chi connectivity index (χ1n) is 7.36. The van der Waals surface area contributed by atoms with Gasteiger partial charge in [0.2, 0.25) is 17.7 Å². The van der Waals surface area contributed by atoms with Gasteiger partial charge in [-0.1, -0.05) is 0 Å². The summed E-state index contributed by atoms with van der Waals surface area (Å²) in [6, 6.07) is -5.28. The van der Waals surface area contributed by atoms with Crippen LogP contribution in [0.1, 0.15) is 13.3 Å². The number of carboxylic acids is 2. The van der Waals surface area contributed by atoms with Gasteiger partial charge < -0.3 is 37.0 Å². The summed E-state index contributed by atoms with van der Waals surface area (Å²) in [6.45, 7) is 0.435. The molecule has 0 aliphatic heterocycles. The molecule has 0 heterocycles. The highest BCUT2D eigenvalue weighted by atomic mass is 32.1. The number of rotatable bonds is 11. The van der Waals surface area contributed by atoms with Crippen molar-refractivity contribution in [3.8, 4) is 0 Å². The summed E-state index contributed by atoms with van der Waals surface area (Å²) in [5.74, 6) is -5.49. The second-order valence-electron chi connectivity index (χ2n) is 5.26. The van der Waals surface area contributed by atoms with Crippen LogP contribution in [0.25, 0.3) is 0 Å². The fraction of sp³-hybridized carbons (Fsp3) is 0.615. The topological polar surface area (TPSA) is 208 Å². The lowest BCUT2D eigenvalue weighted by molar-refractivity contribution is -0.143. The fourth-order valence-electron chi connectivity index (χ4n) is 1.62. The average molecular weight is 394 g/mol. The Balaban J connectivity index is 4.73. The van der Waals surface area contributed by atoms with Gasteiger partial charge in [0.15, 0.2) is 0 Å². The summed E-state index contributed by atoms with van der Waals surface area (Å²) < 4.78 is 0. The van der Waals surface area contributed by atoms with Crippen LogP contribution in [0.3, 0.4) is 0 Å². The smallest absolute Gasteiger partial charge is 0.328 e. The van der Waals surface area contributed by atoms with Crippen LogP contribution in [-0.4, -0.2) is 81.5 Å². The Kier molecular flexibility index (Phi) is 10.2. The van der Waals surface area contributed by atoms with E-state index in [-0.39, 0.29) is 5.75 Å². The van der Waals surface area contributed by atoms with E-state index in [9.17, 15) is 24.0 Å². The van der Waals surface area contributed by atoms with E-state index in [1.807, 2.05) is 5.32 Å². The monoisotopic (exact) mass is 394 g/mol. The molecule has 0 spiro atoms. The van der Waals surface area contributed by atoms with Crippen molar-refractivity contribution in [3.63, 3.8) is 0 Å². The quantitative estimate of drug-likeness (QED) is 0.162. The summed E-state index contributed by atoms with van der Waals surface area (Å²) in [4.78, 5) is 56.9. The third kappa shape index (κ3) is 8.13. The van der Waals surface area contributed by atoms with E-state index in [0.29, 0.717) is 0 Å². The van der Waals surface area contributed by atoms with Crippen molar-refractivity contribution >= 4 is 42.3 Å². The van der Waals surface area contributed by atoms with Crippen LogP contribution in [-0.2, 0) is 24.0 Å². The molecule has 3 amide bonds. The number of carboxylic acid groups (broad SMARTS) is 2. The number of aliphatic carboxylic acids is 2. The first-order chi connectivity index (χ1) is 12.0. The number of nitrogens with two attached hydrogens (primary N) is 1. The Morgan fingerprint density at radius 3 is 1.92 bits per heavy atom. The molecule has 0 saturated carbocycles. The third-order valence-electron chi connectivity index (χ3n) is 3.10. The number of aliphatic hydroxyl groups is 1. The van der Waals surface area contributed by atoms with Gasteiger partial charge in [-0.3, -0.25) is 19.2 Å². The Bertz CT molecular complexity index is 558. The molecule has 12 nitrogen and oxygen atoms in total. The standard InChI is InChI=1S/C13H22N4O8S/c1-5(15-11(22)6(14)2-9(19)20)10(21)17-8(4-26)12(23)16-7(3-18)13(24)25/h5-8,18,26H,2-4,14H2,1H3,(H,15,22)(H,16,23)(H,17,21)(H,19,20)(H,24,25). The third-order valence-corrected chi connectivity index (χ3v) is 3.46. The van der Waals surface area contributed by atoms with Crippen LogP contribution in [0.4, 0.5) is 0 Å². The van der Waals surface area contributed by atoms with Gasteiger partial charge in [0.25, 0.3) is 0 Å². The molecule has 0 aliphatic carbocycles. The summed E-state index contributed by atoms with van der Waals surface area (Å²) in [7, 11) is 0. The van der Waals surface area contributed by atoms with E-state index in [0.717, 1.165) is 0 Å². The van der Waals surface area contributed by atoms with Crippen LogP contribution < -0.4 is 21.7 Å². The highest BCUT2D eigenvalue weighted by molar-refractivity contribution is 7.80. The second-order valence-corrected chi connectivity index (χ2v) is 5.63. The lowest BCUT2D eigenvalue weighted by Gasteiger charge is -2.22. The molecular formula is C13H22N4O8S. The van der Waals surface area contributed by atoms with Crippen molar-refractivity contribution in [2.45, 2.75) is 37.5 Å². The predicted octanol–water partition coefficient (Wildman–Crippen LogP) is -3.73. The maximum Gasteiger partial charge on any atom is 0.328 e. The van der Waals surface area contributed by atoms with Crippen LogP contribution >= 0.6 is 12.6 Å². The van der Waals surface area contributed by atoms with Gasteiger partial charge >= 0.3 is 11.9 Å². The van der Waals surface area contributed by atoms with Crippen molar-refractivity contribution in [2.75, 3.05) is 12.4 Å². The van der Waals surface area contributed by atoms with E-state index in [4.69, 9.17) is 21.1 Å². The van der Waals surface area contributed by atoms with Crippen molar-refractivity contribution in [1.82, 2.24) is 16.0 Å². The first kappa shape index (κ1) is 23.6. The Labute approximate surface area is 153 Å². The SMILES string of the molecule is CC(NC(=O)C(N)CC(=O)O)C(=O)NC(CS)C(=O)NC(CO)C(=O)O. The van der Waals surface area contributed by atoms with E-state index >= 15 is 0 Å². The molecule has 0 fully saturated rings. The molecule has 0 rings (SSSR count). The minimum absolute atomic E-state index is 0.186. The fourth-order valence-corrected chi connectivity index (χ4v) is 1.87. The summed E-state index contributed by atoms with van der Waals surface area (Å²) >= 11 is 3.88. The molecule has 26 heavy (non-hydrogen) atoms. The molecule has 0 aromatic heterocycles. The molecular weight excluding hydrogens is 372 g/mol. The molecule has 148 valence electrons. The lowest BCUT2D eigenvalue weighted by Crippen LogP contribution is -2.57. The van der Waals surface area contributed by atoms with Gasteiger partial charge in [0.05, 0.1) is 19.1 Å². The lowest BCUT2D eigenvalue weighted by atomic mass is 10.2. The predicted molar refractivity (Wildman–Crippen MR) is 90.3 cm³/mol. The molecule has 0 aromatic carbocycles. The highest BCUT2D eigenvalue weighted by Crippen LogP contribution is 1.95. The summed E-state index contributed by atoms with van der Waals surface area (Å²) in [5.41, 5.74) is 5.36. The van der Waals surface area contributed by atoms with Crippen molar-refractivity contribution in [3.05, 3.63) is 0 Å². The minimum atomic E-state index is -1.55. The Morgan fingerprint density at radius 2 is 1.50 bits per heavy atom. The van der Waals surface area contributed by atoms with Gasteiger partial charge in [-0.05, 0) is 6.92 Å². The van der Waals surface area contributed by atoms with Gasteiger partial charge in [-0.25, -0.2) is 4.79 Å². The van der Waals surface area contributed by atoms with E-state index < -0.39 is 66.9 Å². The number of thiol groups is 1. The van der Waals surface area contributed by atoms with Gasteiger partial charge in [-0.2, -0.15) is 12.6 Å². The van der Waals surface area contributed by atoms with Gasteiger partial charge in [-0.15, -0.1) is 0 Å². The second kappa shape index (κ2) is 11.3. The normalized spacial score (nSPS) is 15.1. The molecule has 0 radical (unpaired) electrons. The van der Waals surface area contributed by atoms with E-state index in [1.54, 1.807) is 0 Å². The van der Waals surface area contributed by atoms with Crippen molar-refractivity contribution < 1.29 is 39.3 Å². The maximum atomic E-state index is 12.0. The minimum Gasteiger partial charge on any atom is -0.481 e. The largest absolute Gasteiger partial charge is 0.481 e. The van der Waals surface area contributed by atoms with E-state index in [2.05, 4.69) is 23.3 Å². The zero-order valence-electron chi connectivity index (χ0n) is 13.8. The van der Waals surface area contributed by atoms with Crippen LogP contribution in [0.5, 0.6) is 0 Å². The number of carbonyl (C=O) groups is 5. The van der Waals surface area contributed by atoms with Crippen LogP contribution in [0.15, 0.2) is 0 Å². The molecule has 0 aliphatic rings. The number of aliphatic hydroxyl groups excluding tert-OH is 1. The van der Waals surface area contributed by atoms with Gasteiger partial charge in [0.1, 0.15) is 18.1 Å². The zero-order chi connectivity index (χ0) is 20.4. The number of hydrogen-bond donors (Lipinski definition) is 8. The molecule has 13 heteroatoms. The van der Waals surface area contributed by atoms with Gasteiger partial charge in [0, 0.05) is 5.75 Å². The Hall–Kier alpha value is -2.38. The Morgan fingerprint density at radius 1 is 0.962 bits per heavy atom. The molecule has 4 atom stereocenters. The van der Waals surface area contributed by atoms with Crippen molar-refractivity contribution in [1.29, 1.82) is 0 Å². The maximum absolute atomic E-state index is 12.0. The molecule has 0 bridgehead atoms. The number of hydrogen-bond acceptors (Lipinski definition) is 8. The number of amides is 3. The molecule has 4 unspecified atom stereocenters. The highest BCUT2D eigenvalue weighted by Gasteiger charge is 2.28. The van der Waals surface area contributed by atoms with Crippen LogP contribution in [0, 0.1) is 0 Å². The van der Waals surface area contributed by atoms with Crippen molar-refractivity contribution in [2.24, 2.45) is 5.73 Å². The molecule has 0 aromatic rings. The summed E-state index contributed by atoms with van der Waals surface area (Å²) in [5, 5.41) is 32.7. The van der Waals surface area contributed by atoms with Crippen LogP contribution in [0.2, 0.25) is 0 Å². The first-order valence-corrected chi connectivity index (χ1v) is 7.99. The summed E-state index contributed by atoms with van der Waals surface area (Å²) in [6.07, 6.45) is -0.625. The number of carbonyl (C=O) groups excluding carboxylic acids is 3. The molecule has 0 saturated heterocycles. The molecule has 8 N–H and O–H groups in total. The average Bonchev–Trinajstić information content (AvgIpc) is 2.55. The zero-order valence-corrected chi connectivity index (χ0v) is 14.7. The van der Waals surface area contributed by atoms with E-state index in [1.165, 1.54) is 6.92 Å². The number of nitrogens with one attached hydrogen (secondary N) is 3.